The van der Waals surface area contributed by atoms with Gasteiger partial charge >= 0.3 is 6.18 Å². The van der Waals surface area contributed by atoms with Gasteiger partial charge in [0.2, 0.25) is 0 Å². The summed E-state index contributed by atoms with van der Waals surface area (Å²) in [5.74, 6) is -0.508. The second-order valence-electron chi connectivity index (χ2n) is 3.74. The molecule has 0 saturated carbocycles. The summed E-state index contributed by atoms with van der Waals surface area (Å²) in [7, 11) is 0. The molecule has 1 aromatic rings. The minimum absolute atomic E-state index is 0.0300. The monoisotopic (exact) mass is 236 g/mol. The van der Waals surface area contributed by atoms with Crippen molar-refractivity contribution in [1.82, 2.24) is 0 Å². The standard InChI is InChI=1S/C11H12F4O/c1-7(2)9-5-8(3-4-10(9)12)16-6-11(13,14)15/h3-5,7H,6H2,1-2H3. The van der Waals surface area contributed by atoms with Crippen LogP contribution in [0.1, 0.15) is 25.3 Å². The Bertz CT molecular complexity index is 357. The smallest absolute Gasteiger partial charge is 0.422 e. The molecule has 1 aromatic carbocycles. The Morgan fingerprint density at radius 2 is 1.88 bits per heavy atom. The first-order valence-electron chi connectivity index (χ1n) is 4.78. The van der Waals surface area contributed by atoms with Gasteiger partial charge in [-0.25, -0.2) is 4.39 Å². The molecule has 0 aromatic heterocycles. The van der Waals surface area contributed by atoms with Gasteiger partial charge in [0.25, 0.3) is 0 Å². The first kappa shape index (κ1) is 12.8. The van der Waals surface area contributed by atoms with E-state index in [1.807, 2.05) is 0 Å². The number of rotatable bonds is 3. The lowest BCUT2D eigenvalue weighted by Crippen LogP contribution is -2.19. The molecule has 0 heterocycles. The zero-order chi connectivity index (χ0) is 12.3. The van der Waals surface area contributed by atoms with Crippen molar-refractivity contribution in [2.75, 3.05) is 6.61 Å². The number of hydrogen-bond donors (Lipinski definition) is 0. The van der Waals surface area contributed by atoms with Crippen LogP contribution in [0.3, 0.4) is 0 Å². The van der Waals surface area contributed by atoms with Gasteiger partial charge in [-0.15, -0.1) is 0 Å². The topological polar surface area (TPSA) is 9.23 Å². The number of benzene rings is 1. The van der Waals surface area contributed by atoms with E-state index in [0.29, 0.717) is 5.56 Å². The largest absolute Gasteiger partial charge is 0.484 e. The Morgan fingerprint density at radius 3 is 2.38 bits per heavy atom. The molecular formula is C11H12F4O. The first-order chi connectivity index (χ1) is 7.29. The molecule has 1 nitrogen and oxygen atoms in total. The van der Waals surface area contributed by atoms with Gasteiger partial charge in [-0.3, -0.25) is 0 Å². The van der Waals surface area contributed by atoms with Crippen molar-refractivity contribution in [3.63, 3.8) is 0 Å². The minimum atomic E-state index is -4.38. The lowest BCUT2D eigenvalue weighted by atomic mass is 10.0. The third-order valence-corrected chi connectivity index (χ3v) is 1.99. The molecule has 0 radical (unpaired) electrons. The van der Waals surface area contributed by atoms with Gasteiger partial charge in [-0.2, -0.15) is 13.2 Å². The van der Waals surface area contributed by atoms with Gasteiger partial charge in [-0.05, 0) is 29.7 Å². The molecule has 0 spiro atoms. The van der Waals surface area contributed by atoms with Gasteiger partial charge in [0.05, 0.1) is 0 Å². The van der Waals surface area contributed by atoms with E-state index >= 15 is 0 Å². The van der Waals surface area contributed by atoms with Crippen LogP contribution in [-0.2, 0) is 0 Å². The molecule has 0 unspecified atom stereocenters. The van der Waals surface area contributed by atoms with Crippen molar-refractivity contribution < 1.29 is 22.3 Å². The van der Waals surface area contributed by atoms with Gasteiger partial charge in [0.1, 0.15) is 11.6 Å². The van der Waals surface area contributed by atoms with E-state index < -0.39 is 18.6 Å². The second kappa shape index (κ2) is 4.72. The highest BCUT2D eigenvalue weighted by atomic mass is 19.4. The maximum absolute atomic E-state index is 13.2. The molecule has 0 bridgehead atoms. The normalized spacial score (nSPS) is 11.9. The first-order valence-corrected chi connectivity index (χ1v) is 4.78. The molecule has 0 saturated heterocycles. The maximum atomic E-state index is 13.2. The molecule has 0 N–H and O–H groups in total. The zero-order valence-electron chi connectivity index (χ0n) is 8.94. The van der Waals surface area contributed by atoms with E-state index in [4.69, 9.17) is 0 Å². The summed E-state index contributed by atoms with van der Waals surface area (Å²) >= 11 is 0. The molecule has 0 aliphatic rings. The van der Waals surface area contributed by atoms with Crippen molar-refractivity contribution in [2.24, 2.45) is 0 Å². The van der Waals surface area contributed by atoms with Crippen molar-refractivity contribution >= 4 is 0 Å². The predicted molar refractivity (Wildman–Crippen MR) is 52.0 cm³/mol. The van der Waals surface area contributed by atoms with E-state index in [1.54, 1.807) is 13.8 Å². The highest BCUT2D eigenvalue weighted by Crippen LogP contribution is 2.25. The van der Waals surface area contributed by atoms with Crippen LogP contribution in [0.4, 0.5) is 17.6 Å². The summed E-state index contributed by atoms with van der Waals surface area (Å²) in [5, 5.41) is 0. The van der Waals surface area contributed by atoms with Crippen molar-refractivity contribution in [2.45, 2.75) is 25.9 Å². The maximum Gasteiger partial charge on any atom is 0.422 e. The van der Waals surface area contributed by atoms with Crippen LogP contribution in [-0.4, -0.2) is 12.8 Å². The van der Waals surface area contributed by atoms with E-state index in [2.05, 4.69) is 4.74 Å². The molecule has 0 aliphatic carbocycles. The van der Waals surface area contributed by atoms with Crippen molar-refractivity contribution in [3.8, 4) is 5.75 Å². The van der Waals surface area contributed by atoms with Gasteiger partial charge < -0.3 is 4.74 Å². The summed E-state index contributed by atoms with van der Waals surface area (Å²) in [6.07, 6.45) is -4.38. The number of alkyl halides is 3. The summed E-state index contributed by atoms with van der Waals surface area (Å²) < 4.78 is 53.4. The van der Waals surface area contributed by atoms with Gasteiger partial charge in [0, 0.05) is 0 Å². The van der Waals surface area contributed by atoms with Crippen LogP contribution in [0.25, 0.3) is 0 Å². The summed E-state index contributed by atoms with van der Waals surface area (Å²) in [6.45, 7) is 2.15. The van der Waals surface area contributed by atoms with E-state index in [1.165, 1.54) is 12.1 Å². The Balaban J connectivity index is 2.79. The Morgan fingerprint density at radius 1 is 1.25 bits per heavy atom. The Hall–Kier alpha value is -1.26. The fourth-order valence-electron chi connectivity index (χ4n) is 1.22. The highest BCUT2D eigenvalue weighted by molar-refractivity contribution is 5.31. The van der Waals surface area contributed by atoms with Crippen LogP contribution in [0, 0.1) is 5.82 Å². The zero-order valence-corrected chi connectivity index (χ0v) is 8.94. The summed E-state index contributed by atoms with van der Waals surface area (Å²) in [6, 6.07) is 3.60. The molecule has 0 aliphatic heterocycles. The third kappa shape index (κ3) is 3.72. The minimum Gasteiger partial charge on any atom is -0.484 e. The third-order valence-electron chi connectivity index (χ3n) is 1.99. The van der Waals surface area contributed by atoms with E-state index in [0.717, 1.165) is 6.07 Å². The SMILES string of the molecule is CC(C)c1cc(OCC(F)(F)F)ccc1F. The summed E-state index contributed by atoms with van der Waals surface area (Å²) in [5.41, 5.74) is 0.347. The molecule has 16 heavy (non-hydrogen) atoms. The van der Waals surface area contributed by atoms with Crippen LogP contribution in [0.2, 0.25) is 0 Å². The van der Waals surface area contributed by atoms with Crippen molar-refractivity contribution in [3.05, 3.63) is 29.6 Å². The van der Waals surface area contributed by atoms with Crippen LogP contribution in [0.15, 0.2) is 18.2 Å². The summed E-state index contributed by atoms with van der Waals surface area (Å²) in [4.78, 5) is 0. The average molecular weight is 236 g/mol. The number of hydrogen-bond acceptors (Lipinski definition) is 1. The van der Waals surface area contributed by atoms with Crippen LogP contribution < -0.4 is 4.74 Å². The second-order valence-corrected chi connectivity index (χ2v) is 3.74. The van der Waals surface area contributed by atoms with Gasteiger partial charge in [-0.1, -0.05) is 13.8 Å². The van der Waals surface area contributed by atoms with Crippen LogP contribution >= 0.6 is 0 Å². The van der Waals surface area contributed by atoms with Gasteiger partial charge in [0.15, 0.2) is 6.61 Å². The molecule has 0 fully saturated rings. The van der Waals surface area contributed by atoms with Crippen LogP contribution in [0.5, 0.6) is 5.75 Å². The Kier molecular flexibility index (Phi) is 3.78. The number of ether oxygens (including phenoxy) is 1. The lowest BCUT2D eigenvalue weighted by Gasteiger charge is -2.12. The quantitative estimate of drug-likeness (QED) is 0.723. The van der Waals surface area contributed by atoms with E-state index in [-0.39, 0.29) is 11.7 Å². The molecule has 90 valence electrons. The predicted octanol–water partition coefficient (Wildman–Crippen LogP) is 3.89. The average Bonchev–Trinajstić information content (AvgIpc) is 2.14. The molecule has 1 rings (SSSR count). The fourth-order valence-corrected chi connectivity index (χ4v) is 1.22. The van der Waals surface area contributed by atoms with Crippen molar-refractivity contribution in [1.29, 1.82) is 0 Å². The number of halogens is 4. The lowest BCUT2D eigenvalue weighted by molar-refractivity contribution is -0.153. The fraction of sp³-hybridized carbons (Fsp3) is 0.455. The molecule has 5 heteroatoms. The Labute approximate surface area is 91.0 Å². The highest BCUT2D eigenvalue weighted by Gasteiger charge is 2.28. The van der Waals surface area contributed by atoms with E-state index in [9.17, 15) is 17.6 Å². The molecule has 0 amide bonds. The molecule has 0 atom stereocenters. The molecular weight excluding hydrogens is 224 g/mol.